The number of rotatable bonds is 5. The van der Waals surface area contributed by atoms with E-state index in [1.807, 2.05) is 0 Å². The summed E-state index contributed by atoms with van der Waals surface area (Å²) in [7, 11) is 1.65. The minimum atomic E-state index is -0.568. The van der Waals surface area contributed by atoms with Crippen LogP contribution in [-0.2, 0) is 9.59 Å². The van der Waals surface area contributed by atoms with E-state index in [4.69, 9.17) is 9.15 Å². The van der Waals surface area contributed by atoms with Gasteiger partial charge in [0, 0.05) is 51.6 Å². The Kier molecular flexibility index (Phi) is 5.98. The van der Waals surface area contributed by atoms with Crippen LogP contribution in [0.3, 0.4) is 0 Å². The molecule has 3 heterocycles. The number of Topliss-reactive ketones (excluding diaryl/α,β-unsaturated/α-hetero) is 1. The van der Waals surface area contributed by atoms with Crippen LogP contribution in [0, 0.1) is 0 Å². The van der Waals surface area contributed by atoms with Gasteiger partial charge < -0.3 is 23.9 Å². The Bertz CT molecular complexity index is 1040. The SMILES string of the molecule is CC1Oc2ccc(C(=O)CCC(=O)N3CCN(C(=O)c4ccco4)CC3)cc2N(C)C1=O. The van der Waals surface area contributed by atoms with Crippen molar-refractivity contribution in [2.45, 2.75) is 25.9 Å². The molecule has 1 fully saturated rings. The normalized spacial score (nSPS) is 18.2. The van der Waals surface area contributed by atoms with E-state index in [1.54, 1.807) is 54.1 Å². The van der Waals surface area contributed by atoms with E-state index in [1.165, 1.54) is 11.2 Å². The van der Waals surface area contributed by atoms with Crippen molar-refractivity contribution in [2.75, 3.05) is 38.1 Å². The molecular weight excluding hydrogens is 414 g/mol. The van der Waals surface area contributed by atoms with Gasteiger partial charge in [0.15, 0.2) is 17.6 Å². The molecule has 0 aliphatic carbocycles. The van der Waals surface area contributed by atoms with E-state index in [0.29, 0.717) is 43.2 Å². The van der Waals surface area contributed by atoms with Crippen molar-refractivity contribution in [3.8, 4) is 5.75 Å². The highest BCUT2D eigenvalue weighted by Crippen LogP contribution is 2.34. The van der Waals surface area contributed by atoms with Gasteiger partial charge in [-0.3, -0.25) is 19.2 Å². The molecule has 0 radical (unpaired) electrons. The number of anilines is 1. The third kappa shape index (κ3) is 4.23. The maximum Gasteiger partial charge on any atom is 0.289 e. The van der Waals surface area contributed by atoms with E-state index in [2.05, 4.69) is 0 Å². The van der Waals surface area contributed by atoms with Crippen LogP contribution < -0.4 is 9.64 Å². The highest BCUT2D eigenvalue weighted by molar-refractivity contribution is 6.03. The molecule has 168 valence electrons. The molecule has 2 aliphatic rings. The van der Waals surface area contributed by atoms with Gasteiger partial charge in [-0.15, -0.1) is 0 Å². The van der Waals surface area contributed by atoms with Gasteiger partial charge in [0.1, 0.15) is 5.75 Å². The van der Waals surface area contributed by atoms with Gasteiger partial charge in [0.2, 0.25) is 5.91 Å². The zero-order valence-corrected chi connectivity index (χ0v) is 18.1. The van der Waals surface area contributed by atoms with Gasteiger partial charge in [0.05, 0.1) is 12.0 Å². The lowest BCUT2D eigenvalue weighted by Gasteiger charge is -2.34. The van der Waals surface area contributed by atoms with Crippen LogP contribution in [0.4, 0.5) is 5.69 Å². The van der Waals surface area contributed by atoms with E-state index < -0.39 is 6.10 Å². The van der Waals surface area contributed by atoms with Gasteiger partial charge in [-0.2, -0.15) is 0 Å². The highest BCUT2D eigenvalue weighted by atomic mass is 16.5. The summed E-state index contributed by atoms with van der Waals surface area (Å²) >= 11 is 0. The van der Waals surface area contributed by atoms with Crippen molar-refractivity contribution in [3.63, 3.8) is 0 Å². The molecule has 2 aromatic rings. The predicted octanol–water partition coefficient (Wildman–Crippen LogP) is 1.97. The first-order chi connectivity index (χ1) is 15.3. The van der Waals surface area contributed by atoms with E-state index in [0.717, 1.165) is 0 Å². The second kappa shape index (κ2) is 8.86. The molecule has 0 N–H and O–H groups in total. The smallest absolute Gasteiger partial charge is 0.289 e. The zero-order valence-electron chi connectivity index (χ0n) is 18.1. The molecule has 1 aromatic carbocycles. The second-order valence-corrected chi connectivity index (χ2v) is 7.91. The summed E-state index contributed by atoms with van der Waals surface area (Å²) in [5.41, 5.74) is 0.978. The van der Waals surface area contributed by atoms with Crippen LogP contribution in [0.5, 0.6) is 5.75 Å². The maximum atomic E-state index is 12.7. The van der Waals surface area contributed by atoms with Gasteiger partial charge >= 0.3 is 0 Å². The van der Waals surface area contributed by atoms with Gasteiger partial charge in [-0.1, -0.05) is 0 Å². The van der Waals surface area contributed by atoms with Crippen molar-refractivity contribution in [1.29, 1.82) is 0 Å². The summed E-state index contributed by atoms with van der Waals surface area (Å²) in [5.74, 6) is 0.174. The Morgan fingerprint density at radius 3 is 2.44 bits per heavy atom. The molecule has 0 spiro atoms. The zero-order chi connectivity index (χ0) is 22.8. The number of carbonyl (C=O) groups is 4. The Labute approximate surface area is 185 Å². The largest absolute Gasteiger partial charge is 0.479 e. The van der Waals surface area contributed by atoms with Gasteiger partial charge in [0.25, 0.3) is 11.8 Å². The minimum Gasteiger partial charge on any atom is -0.479 e. The number of benzene rings is 1. The maximum absolute atomic E-state index is 12.7. The Morgan fingerprint density at radius 2 is 1.75 bits per heavy atom. The summed E-state index contributed by atoms with van der Waals surface area (Å²) in [6, 6.07) is 8.24. The quantitative estimate of drug-likeness (QED) is 0.661. The van der Waals surface area contributed by atoms with Crippen LogP contribution in [0.2, 0.25) is 0 Å². The molecule has 0 saturated carbocycles. The van der Waals surface area contributed by atoms with Crippen LogP contribution in [0.1, 0.15) is 40.7 Å². The molecule has 0 bridgehead atoms. The monoisotopic (exact) mass is 439 g/mol. The molecule has 32 heavy (non-hydrogen) atoms. The average Bonchev–Trinajstić information content (AvgIpc) is 3.35. The molecule has 1 atom stereocenters. The number of ether oxygens (including phenoxy) is 1. The number of amides is 3. The van der Waals surface area contributed by atoms with Crippen LogP contribution in [0.25, 0.3) is 0 Å². The first kappa shape index (κ1) is 21.6. The third-order valence-electron chi connectivity index (χ3n) is 5.84. The van der Waals surface area contributed by atoms with E-state index in [-0.39, 0.29) is 42.1 Å². The summed E-state index contributed by atoms with van der Waals surface area (Å²) in [4.78, 5) is 54.5. The Morgan fingerprint density at radius 1 is 1.03 bits per heavy atom. The fourth-order valence-corrected chi connectivity index (χ4v) is 3.92. The molecule has 2 aliphatic heterocycles. The van der Waals surface area contributed by atoms with Crippen molar-refractivity contribution in [1.82, 2.24) is 9.80 Å². The number of ketones is 1. The molecule has 3 amide bonds. The molecule has 1 unspecified atom stereocenters. The number of hydrogen-bond acceptors (Lipinski definition) is 6. The number of piperazine rings is 1. The molecule has 4 rings (SSSR count). The summed E-state index contributed by atoms with van der Waals surface area (Å²) in [6.45, 7) is 3.35. The average molecular weight is 439 g/mol. The lowest BCUT2D eigenvalue weighted by molar-refractivity contribution is -0.132. The number of fused-ring (bicyclic) bond motifs is 1. The third-order valence-corrected chi connectivity index (χ3v) is 5.84. The van der Waals surface area contributed by atoms with E-state index in [9.17, 15) is 19.2 Å². The minimum absolute atomic E-state index is 0.0675. The van der Waals surface area contributed by atoms with Crippen molar-refractivity contribution in [2.24, 2.45) is 0 Å². The number of hydrogen-bond donors (Lipinski definition) is 0. The lowest BCUT2D eigenvalue weighted by Crippen LogP contribution is -2.50. The molecule has 1 aromatic heterocycles. The van der Waals surface area contributed by atoms with Gasteiger partial charge in [-0.25, -0.2) is 0 Å². The van der Waals surface area contributed by atoms with Crippen molar-refractivity contribution in [3.05, 3.63) is 47.9 Å². The number of carbonyl (C=O) groups excluding carboxylic acids is 4. The number of furan rings is 1. The van der Waals surface area contributed by atoms with Crippen LogP contribution in [-0.4, -0.2) is 72.6 Å². The van der Waals surface area contributed by atoms with Crippen LogP contribution in [0.15, 0.2) is 41.0 Å². The Hall–Kier alpha value is -3.62. The van der Waals surface area contributed by atoms with Crippen LogP contribution >= 0.6 is 0 Å². The van der Waals surface area contributed by atoms with E-state index >= 15 is 0 Å². The van der Waals surface area contributed by atoms with Crippen molar-refractivity contribution >= 4 is 29.2 Å². The summed E-state index contributed by atoms with van der Waals surface area (Å²) < 4.78 is 10.7. The first-order valence-electron chi connectivity index (χ1n) is 10.6. The Balaban J connectivity index is 1.30. The summed E-state index contributed by atoms with van der Waals surface area (Å²) in [5, 5.41) is 0. The first-order valence-corrected chi connectivity index (χ1v) is 10.6. The molecule has 9 nitrogen and oxygen atoms in total. The molecule has 1 saturated heterocycles. The fraction of sp³-hybridized carbons (Fsp3) is 0.391. The standard InChI is InChI=1S/C23H25N3O6/c1-15-22(29)24(2)17-14-16(5-7-19(17)32-15)18(27)6-8-21(28)25-9-11-26(12-10-25)23(30)20-4-3-13-31-20/h3-5,7,13-15H,6,8-12H2,1-2H3. The number of nitrogens with zero attached hydrogens (tertiary/aromatic N) is 3. The summed E-state index contributed by atoms with van der Waals surface area (Å²) in [6.07, 6.45) is 1.04. The molecule has 9 heteroatoms. The number of likely N-dealkylation sites (N-methyl/N-ethyl adjacent to an activating group) is 1. The lowest BCUT2D eigenvalue weighted by atomic mass is 10.0. The highest BCUT2D eigenvalue weighted by Gasteiger charge is 2.30. The molecular formula is C23H25N3O6. The van der Waals surface area contributed by atoms with Crippen molar-refractivity contribution < 1.29 is 28.3 Å². The van der Waals surface area contributed by atoms with Gasteiger partial charge in [-0.05, 0) is 37.3 Å². The predicted molar refractivity (Wildman–Crippen MR) is 115 cm³/mol. The second-order valence-electron chi connectivity index (χ2n) is 7.91. The topological polar surface area (TPSA) is 100 Å². The fourth-order valence-electron chi connectivity index (χ4n) is 3.92.